The highest BCUT2D eigenvalue weighted by atomic mass is 32.2. The number of hydrogen-bond acceptors (Lipinski definition) is 7. The molecule has 0 radical (unpaired) electrons. The highest BCUT2D eigenvalue weighted by Gasteiger charge is 2.26. The molecule has 9 heteroatoms. The predicted molar refractivity (Wildman–Crippen MR) is 118 cm³/mol. The minimum Gasteiger partial charge on any atom is -0.378 e. The molecule has 8 nitrogen and oxygen atoms in total. The van der Waals surface area contributed by atoms with Gasteiger partial charge in [-0.1, -0.05) is 29.8 Å². The number of piperazine rings is 1. The molecule has 0 atom stereocenters. The molecule has 1 aromatic heterocycles. The van der Waals surface area contributed by atoms with Crippen molar-refractivity contribution < 1.29 is 13.2 Å². The van der Waals surface area contributed by atoms with Crippen LogP contribution < -0.4 is 9.80 Å². The van der Waals surface area contributed by atoms with Crippen LogP contribution in [0.3, 0.4) is 0 Å². The van der Waals surface area contributed by atoms with Crippen LogP contribution in [0.1, 0.15) is 11.1 Å². The predicted octanol–water partition coefficient (Wildman–Crippen LogP) is 1.74. The van der Waals surface area contributed by atoms with E-state index in [-0.39, 0.29) is 0 Å². The highest BCUT2D eigenvalue weighted by molar-refractivity contribution is 7.92. The van der Waals surface area contributed by atoms with E-state index in [0.29, 0.717) is 39.4 Å². The van der Waals surface area contributed by atoms with Crippen molar-refractivity contribution in [2.24, 2.45) is 0 Å². The Bertz CT molecular complexity index is 980. The summed E-state index contributed by atoms with van der Waals surface area (Å²) in [5, 5.41) is 9.71. The summed E-state index contributed by atoms with van der Waals surface area (Å²) in [6, 6.07) is 9.81. The summed E-state index contributed by atoms with van der Waals surface area (Å²) in [6.07, 6.45) is 3.40. The second-order valence-electron chi connectivity index (χ2n) is 7.52. The maximum Gasteiger partial charge on any atom is 0.236 e. The lowest BCUT2D eigenvalue weighted by atomic mass is 10.2. The first-order chi connectivity index (χ1) is 14.5. The van der Waals surface area contributed by atoms with Gasteiger partial charge >= 0.3 is 0 Å². The Labute approximate surface area is 177 Å². The smallest absolute Gasteiger partial charge is 0.236 e. The normalized spacial score (nSPS) is 18.8. The van der Waals surface area contributed by atoms with E-state index in [1.54, 1.807) is 12.3 Å². The maximum atomic E-state index is 12.7. The molecule has 0 amide bonds. The zero-order chi connectivity index (χ0) is 21.0. The minimum absolute atomic E-state index is 0.440. The van der Waals surface area contributed by atoms with Crippen molar-refractivity contribution in [3.05, 3.63) is 53.1 Å². The Kier molecular flexibility index (Phi) is 6.31. The standard InChI is InChI=1S/C21H27N5O3S/c1-18-2-4-19(5-3-18)6-15-30(27,28)26-9-7-24(8-10-26)20-16-21(23-22-17-20)25-11-13-29-14-12-25/h2-6,15-17H,7-14H2,1H3/b15-6+. The summed E-state index contributed by atoms with van der Waals surface area (Å²) >= 11 is 0. The number of rotatable bonds is 5. The Balaban J connectivity index is 1.38. The average Bonchev–Trinajstić information content (AvgIpc) is 2.79. The lowest BCUT2D eigenvalue weighted by molar-refractivity contribution is 0.122. The Morgan fingerprint density at radius 3 is 2.37 bits per heavy atom. The van der Waals surface area contributed by atoms with E-state index in [9.17, 15) is 8.42 Å². The molecule has 160 valence electrons. The fourth-order valence-corrected chi connectivity index (χ4v) is 4.77. The van der Waals surface area contributed by atoms with E-state index in [4.69, 9.17) is 4.74 Å². The van der Waals surface area contributed by atoms with Gasteiger partial charge in [0.25, 0.3) is 0 Å². The van der Waals surface area contributed by atoms with Crippen molar-refractivity contribution in [1.29, 1.82) is 0 Å². The van der Waals surface area contributed by atoms with Gasteiger partial charge in [-0.25, -0.2) is 8.42 Å². The fourth-order valence-electron chi connectivity index (χ4n) is 3.59. The van der Waals surface area contributed by atoms with Gasteiger partial charge in [0.2, 0.25) is 10.0 Å². The summed E-state index contributed by atoms with van der Waals surface area (Å²) in [7, 11) is -3.45. The van der Waals surface area contributed by atoms with Crippen molar-refractivity contribution in [1.82, 2.24) is 14.5 Å². The Morgan fingerprint density at radius 1 is 0.967 bits per heavy atom. The van der Waals surface area contributed by atoms with Crippen molar-refractivity contribution in [2.45, 2.75) is 6.92 Å². The average molecular weight is 430 g/mol. The molecule has 0 aliphatic carbocycles. The first-order valence-electron chi connectivity index (χ1n) is 10.2. The number of anilines is 2. The van der Waals surface area contributed by atoms with E-state index >= 15 is 0 Å². The summed E-state index contributed by atoms with van der Waals surface area (Å²) in [6.45, 7) is 7.11. The topological polar surface area (TPSA) is 78.9 Å². The van der Waals surface area contributed by atoms with Crippen molar-refractivity contribution >= 4 is 27.6 Å². The molecule has 0 saturated carbocycles. The van der Waals surface area contributed by atoms with Crippen LogP contribution in [-0.4, -0.2) is 75.4 Å². The van der Waals surface area contributed by atoms with E-state index in [1.165, 1.54) is 9.71 Å². The van der Waals surface area contributed by atoms with E-state index in [2.05, 4.69) is 20.0 Å². The summed E-state index contributed by atoms with van der Waals surface area (Å²) in [5.74, 6) is 0.840. The number of nitrogens with zero attached hydrogens (tertiary/aromatic N) is 5. The van der Waals surface area contributed by atoms with Crippen molar-refractivity contribution in [2.75, 3.05) is 62.3 Å². The monoisotopic (exact) mass is 429 g/mol. The van der Waals surface area contributed by atoms with Crippen LogP contribution in [0.5, 0.6) is 0 Å². The summed E-state index contributed by atoms with van der Waals surface area (Å²) in [4.78, 5) is 4.32. The van der Waals surface area contributed by atoms with Crippen LogP contribution in [0.4, 0.5) is 11.5 Å². The van der Waals surface area contributed by atoms with Gasteiger partial charge < -0.3 is 14.5 Å². The van der Waals surface area contributed by atoms with Gasteiger partial charge in [-0.05, 0) is 18.6 Å². The quantitative estimate of drug-likeness (QED) is 0.716. The summed E-state index contributed by atoms with van der Waals surface area (Å²) in [5.41, 5.74) is 2.99. The molecule has 0 unspecified atom stereocenters. The van der Waals surface area contributed by atoms with Gasteiger partial charge in [-0.15, -0.1) is 5.10 Å². The molecular weight excluding hydrogens is 402 g/mol. The van der Waals surface area contributed by atoms with Crippen LogP contribution in [0, 0.1) is 6.92 Å². The number of benzene rings is 1. The molecule has 0 spiro atoms. The molecule has 1 aromatic carbocycles. The van der Waals surface area contributed by atoms with Crippen molar-refractivity contribution in [3.8, 4) is 0 Å². The zero-order valence-corrected chi connectivity index (χ0v) is 18.0. The first kappa shape index (κ1) is 20.8. The minimum atomic E-state index is -3.45. The third-order valence-corrected chi connectivity index (χ3v) is 7.00. The molecule has 3 heterocycles. The molecule has 4 rings (SSSR count). The molecule has 2 saturated heterocycles. The van der Waals surface area contributed by atoms with Gasteiger partial charge in [0.1, 0.15) is 0 Å². The van der Waals surface area contributed by atoms with Gasteiger partial charge in [0.15, 0.2) is 5.82 Å². The Morgan fingerprint density at radius 2 is 1.67 bits per heavy atom. The zero-order valence-electron chi connectivity index (χ0n) is 17.1. The lowest BCUT2D eigenvalue weighted by Gasteiger charge is -2.35. The van der Waals surface area contributed by atoms with Crippen molar-refractivity contribution in [3.63, 3.8) is 0 Å². The second-order valence-corrected chi connectivity index (χ2v) is 9.33. The molecule has 2 aromatic rings. The number of aromatic nitrogens is 2. The molecular formula is C21H27N5O3S. The molecule has 2 aliphatic heterocycles. The van der Waals surface area contributed by atoms with E-state index < -0.39 is 10.0 Å². The summed E-state index contributed by atoms with van der Waals surface area (Å²) < 4.78 is 32.3. The molecule has 0 N–H and O–H groups in total. The number of hydrogen-bond donors (Lipinski definition) is 0. The molecule has 0 bridgehead atoms. The van der Waals surface area contributed by atoms with Crippen LogP contribution in [0.25, 0.3) is 6.08 Å². The Hall–Kier alpha value is -2.49. The molecule has 2 aliphatic rings. The van der Waals surface area contributed by atoms with Crippen LogP contribution in [-0.2, 0) is 14.8 Å². The number of morpholine rings is 1. The SMILES string of the molecule is Cc1ccc(/C=C/S(=O)(=O)N2CCN(c3cnnc(N4CCOCC4)c3)CC2)cc1. The van der Waals surface area contributed by atoms with Crippen LogP contribution in [0.15, 0.2) is 41.9 Å². The third kappa shape index (κ3) is 4.97. The van der Waals surface area contributed by atoms with Crippen LogP contribution in [0.2, 0.25) is 0 Å². The van der Waals surface area contributed by atoms with E-state index in [1.807, 2.05) is 37.3 Å². The number of sulfonamides is 1. The van der Waals surface area contributed by atoms with E-state index in [0.717, 1.165) is 35.7 Å². The van der Waals surface area contributed by atoms with Crippen LogP contribution >= 0.6 is 0 Å². The fraction of sp³-hybridized carbons (Fsp3) is 0.429. The van der Waals surface area contributed by atoms with Gasteiger partial charge in [0.05, 0.1) is 25.1 Å². The number of aryl methyl sites for hydroxylation is 1. The maximum absolute atomic E-state index is 12.7. The van der Waals surface area contributed by atoms with Gasteiger partial charge in [-0.3, -0.25) is 0 Å². The van der Waals surface area contributed by atoms with Gasteiger partial charge in [-0.2, -0.15) is 9.40 Å². The number of ether oxygens (including phenoxy) is 1. The third-order valence-electron chi connectivity index (χ3n) is 5.44. The second kappa shape index (κ2) is 9.11. The molecule has 2 fully saturated rings. The molecule has 30 heavy (non-hydrogen) atoms. The lowest BCUT2D eigenvalue weighted by Crippen LogP contribution is -2.48. The largest absolute Gasteiger partial charge is 0.378 e. The van der Waals surface area contributed by atoms with Gasteiger partial charge in [0, 0.05) is 50.7 Å². The highest BCUT2D eigenvalue weighted by Crippen LogP contribution is 2.22. The first-order valence-corrected chi connectivity index (χ1v) is 11.7.